The number of rotatable bonds is 17. The predicted octanol–water partition coefficient (Wildman–Crippen LogP) is 6.20. The first-order valence-electron chi connectivity index (χ1n) is 11.7. The molecule has 0 spiro atoms. The minimum atomic E-state index is 0.554. The van der Waals surface area contributed by atoms with Gasteiger partial charge in [0.15, 0.2) is 16.6 Å². The van der Waals surface area contributed by atoms with Crippen LogP contribution >= 0.6 is 12.2 Å². The van der Waals surface area contributed by atoms with Crippen LogP contribution in [0.3, 0.4) is 0 Å². The lowest BCUT2D eigenvalue weighted by molar-refractivity contribution is 0.288. The largest absolute Gasteiger partial charge is 0.490 e. The van der Waals surface area contributed by atoms with Gasteiger partial charge in [-0.15, -0.1) is 0 Å². The Morgan fingerprint density at radius 1 is 0.867 bits per heavy atom. The molecule has 5 nitrogen and oxygen atoms in total. The Labute approximate surface area is 189 Å². The Morgan fingerprint density at radius 3 is 2.10 bits per heavy atom. The third kappa shape index (κ3) is 12.7. The molecule has 0 bridgehead atoms. The summed E-state index contributed by atoms with van der Waals surface area (Å²) in [6.45, 7) is 8.26. The van der Waals surface area contributed by atoms with E-state index in [0.717, 1.165) is 30.0 Å². The van der Waals surface area contributed by atoms with Crippen molar-refractivity contribution >= 4 is 23.5 Å². The number of hydrazone groups is 1. The summed E-state index contributed by atoms with van der Waals surface area (Å²) >= 11 is 5.28. The van der Waals surface area contributed by atoms with Gasteiger partial charge in [0.1, 0.15) is 0 Å². The van der Waals surface area contributed by atoms with Crippen molar-refractivity contribution in [1.29, 1.82) is 0 Å². The van der Waals surface area contributed by atoms with Crippen molar-refractivity contribution in [2.45, 2.75) is 85.0 Å². The molecule has 0 radical (unpaired) electrons. The zero-order chi connectivity index (χ0) is 21.9. The van der Waals surface area contributed by atoms with Crippen LogP contribution in [0.25, 0.3) is 0 Å². The van der Waals surface area contributed by atoms with Crippen LogP contribution < -0.4 is 20.2 Å². The first-order valence-corrected chi connectivity index (χ1v) is 12.1. The number of nitrogens with one attached hydrogen (secondary N) is 2. The van der Waals surface area contributed by atoms with Crippen molar-refractivity contribution < 1.29 is 9.47 Å². The molecule has 0 amide bonds. The van der Waals surface area contributed by atoms with Crippen molar-refractivity contribution in [3.63, 3.8) is 0 Å². The number of hydrogen-bond acceptors (Lipinski definition) is 4. The van der Waals surface area contributed by atoms with Crippen LogP contribution in [0, 0.1) is 0 Å². The lowest BCUT2D eigenvalue weighted by atomic mass is 10.1. The fourth-order valence-corrected chi connectivity index (χ4v) is 3.32. The molecule has 0 saturated heterocycles. The number of nitrogens with zero attached hydrogens (tertiary/aromatic N) is 1. The van der Waals surface area contributed by atoms with Crippen molar-refractivity contribution in [2.75, 3.05) is 19.8 Å². The average Bonchev–Trinajstić information content (AvgIpc) is 2.74. The van der Waals surface area contributed by atoms with E-state index in [1.54, 1.807) is 6.21 Å². The van der Waals surface area contributed by atoms with Crippen molar-refractivity contribution in [3.05, 3.63) is 23.8 Å². The second-order valence-corrected chi connectivity index (χ2v) is 7.79. The average molecular weight is 436 g/mol. The molecule has 0 aliphatic rings. The molecule has 0 unspecified atom stereocenters. The molecule has 1 aromatic rings. The molecule has 0 aliphatic heterocycles. The summed E-state index contributed by atoms with van der Waals surface area (Å²) in [5, 5.41) is 7.98. The van der Waals surface area contributed by atoms with Crippen LogP contribution in [0.2, 0.25) is 0 Å². The summed E-state index contributed by atoms with van der Waals surface area (Å²) in [5.74, 6) is 1.48. The van der Waals surface area contributed by atoms with Gasteiger partial charge in [0.05, 0.1) is 19.4 Å². The van der Waals surface area contributed by atoms with E-state index < -0.39 is 0 Å². The van der Waals surface area contributed by atoms with Crippen LogP contribution in [-0.2, 0) is 0 Å². The quantitative estimate of drug-likeness (QED) is 0.132. The van der Waals surface area contributed by atoms with Gasteiger partial charge in [-0.05, 0) is 56.2 Å². The van der Waals surface area contributed by atoms with E-state index in [2.05, 4.69) is 22.8 Å². The Morgan fingerprint density at radius 2 is 1.47 bits per heavy atom. The molecule has 0 aromatic heterocycles. The lowest BCUT2D eigenvalue weighted by Crippen LogP contribution is -2.32. The van der Waals surface area contributed by atoms with Crippen LogP contribution in [0.5, 0.6) is 11.5 Å². The Balaban J connectivity index is 2.15. The van der Waals surface area contributed by atoms with Crippen molar-refractivity contribution in [2.24, 2.45) is 5.10 Å². The van der Waals surface area contributed by atoms with Gasteiger partial charge in [-0.1, -0.05) is 64.7 Å². The van der Waals surface area contributed by atoms with Gasteiger partial charge >= 0.3 is 0 Å². The smallest absolute Gasteiger partial charge is 0.186 e. The summed E-state index contributed by atoms with van der Waals surface area (Å²) < 4.78 is 11.2. The van der Waals surface area contributed by atoms with Crippen molar-refractivity contribution in [1.82, 2.24) is 10.7 Å². The standard InChI is InChI=1S/C24H41N3O2S/c1-4-7-8-9-10-11-12-13-14-15-18-25-24(30)27-26-20-21-16-17-22(28-5-2)23(19-21)29-6-3/h16-17,19-20H,4-15,18H2,1-3H3,(H2,25,27,30)/b26-20-. The van der Waals surface area contributed by atoms with Gasteiger partial charge in [0, 0.05) is 6.54 Å². The summed E-state index contributed by atoms with van der Waals surface area (Å²) in [6, 6.07) is 5.76. The van der Waals surface area contributed by atoms with E-state index >= 15 is 0 Å². The molecule has 6 heteroatoms. The number of hydrogen-bond donors (Lipinski definition) is 2. The zero-order valence-electron chi connectivity index (χ0n) is 19.2. The minimum Gasteiger partial charge on any atom is -0.490 e. The van der Waals surface area contributed by atoms with E-state index in [1.165, 1.54) is 57.8 Å². The second kappa shape index (κ2) is 18.0. The molecule has 1 rings (SSSR count). The first-order chi connectivity index (χ1) is 14.7. The summed E-state index contributed by atoms with van der Waals surface area (Å²) in [7, 11) is 0. The summed E-state index contributed by atoms with van der Waals surface area (Å²) in [4.78, 5) is 0. The highest BCUT2D eigenvalue weighted by Crippen LogP contribution is 2.27. The predicted molar refractivity (Wildman–Crippen MR) is 132 cm³/mol. The zero-order valence-corrected chi connectivity index (χ0v) is 20.0. The van der Waals surface area contributed by atoms with Gasteiger partial charge in [-0.2, -0.15) is 5.10 Å². The summed E-state index contributed by atoms with van der Waals surface area (Å²) in [6.07, 6.45) is 15.1. The fourth-order valence-electron chi connectivity index (χ4n) is 3.17. The molecular formula is C24H41N3O2S. The van der Waals surface area contributed by atoms with Crippen LogP contribution in [0.4, 0.5) is 0 Å². The highest BCUT2D eigenvalue weighted by atomic mass is 32.1. The SMILES string of the molecule is CCCCCCCCCCCCNC(=S)N/N=C\c1ccc(OCC)c(OCC)c1. The van der Waals surface area contributed by atoms with E-state index in [1.807, 2.05) is 32.0 Å². The Bertz CT molecular complexity index is 608. The first kappa shape index (κ1) is 26.2. The topological polar surface area (TPSA) is 54.9 Å². The van der Waals surface area contributed by atoms with E-state index in [9.17, 15) is 0 Å². The minimum absolute atomic E-state index is 0.554. The molecule has 0 heterocycles. The van der Waals surface area contributed by atoms with Gasteiger partial charge in [0.25, 0.3) is 0 Å². The molecule has 30 heavy (non-hydrogen) atoms. The molecule has 0 saturated carbocycles. The maximum absolute atomic E-state index is 5.63. The van der Waals surface area contributed by atoms with E-state index in [0.29, 0.717) is 18.3 Å². The molecule has 0 atom stereocenters. The third-order valence-corrected chi connectivity index (χ3v) is 5.00. The summed E-state index contributed by atoms with van der Waals surface area (Å²) in [5.41, 5.74) is 3.80. The van der Waals surface area contributed by atoms with Crippen LogP contribution in [0.15, 0.2) is 23.3 Å². The normalized spacial score (nSPS) is 10.9. The Hall–Kier alpha value is -1.82. The fraction of sp³-hybridized carbons (Fsp3) is 0.667. The highest BCUT2D eigenvalue weighted by molar-refractivity contribution is 7.80. The van der Waals surface area contributed by atoms with Gasteiger partial charge < -0.3 is 14.8 Å². The third-order valence-electron chi connectivity index (χ3n) is 4.76. The molecule has 1 aromatic carbocycles. The Kier molecular flexibility index (Phi) is 15.7. The maximum Gasteiger partial charge on any atom is 0.186 e. The maximum atomic E-state index is 5.63. The highest BCUT2D eigenvalue weighted by Gasteiger charge is 2.05. The van der Waals surface area contributed by atoms with Crippen LogP contribution in [-0.4, -0.2) is 31.1 Å². The van der Waals surface area contributed by atoms with Gasteiger partial charge in [-0.3, -0.25) is 5.43 Å². The van der Waals surface area contributed by atoms with E-state index in [-0.39, 0.29) is 0 Å². The molecule has 0 fully saturated rings. The number of unbranched alkanes of at least 4 members (excludes halogenated alkanes) is 9. The monoisotopic (exact) mass is 435 g/mol. The molecule has 2 N–H and O–H groups in total. The lowest BCUT2D eigenvalue weighted by Gasteiger charge is -2.11. The number of ether oxygens (including phenoxy) is 2. The van der Waals surface area contributed by atoms with Gasteiger partial charge in [0.2, 0.25) is 0 Å². The molecule has 170 valence electrons. The number of benzene rings is 1. The second-order valence-electron chi connectivity index (χ2n) is 7.38. The van der Waals surface area contributed by atoms with Crippen molar-refractivity contribution in [3.8, 4) is 11.5 Å². The number of thiocarbonyl (C=S) groups is 1. The van der Waals surface area contributed by atoms with Gasteiger partial charge in [-0.25, -0.2) is 0 Å². The van der Waals surface area contributed by atoms with Crippen LogP contribution in [0.1, 0.15) is 90.5 Å². The molecular weight excluding hydrogens is 394 g/mol. The molecule has 0 aliphatic carbocycles. The van der Waals surface area contributed by atoms with E-state index in [4.69, 9.17) is 21.7 Å².